The highest BCUT2D eigenvalue weighted by Gasteiger charge is 2.22. The minimum Gasteiger partial charge on any atom is -0.374 e. The van der Waals surface area contributed by atoms with Crippen molar-refractivity contribution < 1.29 is 8.95 Å². The molecule has 1 N–H and O–H groups in total. The van der Waals surface area contributed by atoms with Gasteiger partial charge in [0, 0.05) is 34.2 Å². The number of hydrogen-bond donors (Lipinski definition) is 1. The summed E-state index contributed by atoms with van der Waals surface area (Å²) in [4.78, 5) is 0. The second-order valence-electron chi connectivity index (χ2n) is 4.79. The maximum Gasteiger partial charge on any atom is 0.0815 e. The van der Waals surface area contributed by atoms with Crippen molar-refractivity contribution in [3.8, 4) is 0 Å². The van der Waals surface area contributed by atoms with Crippen LogP contribution >= 0.6 is 11.6 Å². The van der Waals surface area contributed by atoms with Crippen molar-refractivity contribution in [2.24, 2.45) is 0 Å². The Kier molecular flexibility index (Phi) is 5.82. The molecule has 0 amide bonds. The van der Waals surface area contributed by atoms with E-state index in [1.807, 2.05) is 31.2 Å². The SMILES string of the molecule is CCS(=O)C[C@H]1CN[C@@H](Cc2ccc(Cl)cc2)CO1. The number of nitrogens with one attached hydrogen (secondary N) is 1. The smallest absolute Gasteiger partial charge is 0.0815 e. The monoisotopic (exact) mass is 301 g/mol. The fourth-order valence-electron chi connectivity index (χ4n) is 2.14. The Bertz CT molecular complexity index is 416. The summed E-state index contributed by atoms with van der Waals surface area (Å²) in [6.07, 6.45) is 1.02. The van der Waals surface area contributed by atoms with Crippen LogP contribution in [0.3, 0.4) is 0 Å². The molecule has 1 aromatic rings. The van der Waals surface area contributed by atoms with E-state index in [1.165, 1.54) is 5.56 Å². The molecule has 0 radical (unpaired) electrons. The molecule has 1 unspecified atom stereocenters. The van der Waals surface area contributed by atoms with Crippen LogP contribution in [-0.2, 0) is 22.0 Å². The Balaban J connectivity index is 1.77. The third-order valence-corrected chi connectivity index (χ3v) is 4.90. The summed E-state index contributed by atoms with van der Waals surface area (Å²) < 4.78 is 17.3. The molecule has 0 spiro atoms. The standard InChI is InChI=1S/C14H20ClNO2S/c1-2-19(17)10-14-8-16-13(9-18-14)7-11-3-5-12(15)6-4-11/h3-6,13-14,16H,2,7-10H2,1H3/t13-,14+,19?/m0/s1. The molecule has 1 aliphatic rings. The summed E-state index contributed by atoms with van der Waals surface area (Å²) in [6, 6.07) is 8.24. The van der Waals surface area contributed by atoms with Gasteiger partial charge in [0.25, 0.3) is 0 Å². The number of morpholine rings is 1. The van der Waals surface area contributed by atoms with Crippen LogP contribution in [0.4, 0.5) is 0 Å². The van der Waals surface area contributed by atoms with Gasteiger partial charge < -0.3 is 10.1 Å². The summed E-state index contributed by atoms with van der Waals surface area (Å²) >= 11 is 5.87. The molecule has 0 bridgehead atoms. The number of ether oxygens (including phenoxy) is 1. The van der Waals surface area contributed by atoms with Crippen molar-refractivity contribution in [2.45, 2.75) is 25.5 Å². The average Bonchev–Trinajstić information content (AvgIpc) is 2.43. The summed E-state index contributed by atoms with van der Waals surface area (Å²) in [6.45, 7) is 3.40. The molecule has 19 heavy (non-hydrogen) atoms. The van der Waals surface area contributed by atoms with Gasteiger partial charge in [-0.25, -0.2) is 0 Å². The Labute approximate surface area is 122 Å². The molecule has 1 saturated heterocycles. The Morgan fingerprint density at radius 1 is 1.42 bits per heavy atom. The maximum atomic E-state index is 11.5. The average molecular weight is 302 g/mol. The van der Waals surface area contributed by atoms with Crippen LogP contribution in [-0.4, -0.2) is 41.0 Å². The predicted octanol–water partition coefficient (Wildman–Crippen LogP) is 2.01. The molecule has 1 aliphatic heterocycles. The van der Waals surface area contributed by atoms with E-state index >= 15 is 0 Å². The lowest BCUT2D eigenvalue weighted by atomic mass is 10.1. The van der Waals surface area contributed by atoms with Crippen molar-refractivity contribution >= 4 is 22.4 Å². The fraction of sp³-hybridized carbons (Fsp3) is 0.571. The van der Waals surface area contributed by atoms with E-state index < -0.39 is 10.8 Å². The maximum absolute atomic E-state index is 11.5. The van der Waals surface area contributed by atoms with Crippen LogP contribution in [0.25, 0.3) is 0 Å². The normalized spacial score (nSPS) is 25.2. The van der Waals surface area contributed by atoms with E-state index in [0.717, 1.165) is 18.0 Å². The zero-order valence-electron chi connectivity index (χ0n) is 11.1. The first-order valence-corrected chi connectivity index (χ1v) is 8.48. The third kappa shape index (κ3) is 4.88. The van der Waals surface area contributed by atoms with Gasteiger partial charge in [-0.15, -0.1) is 0 Å². The van der Waals surface area contributed by atoms with E-state index in [9.17, 15) is 4.21 Å². The molecule has 106 valence electrons. The van der Waals surface area contributed by atoms with Gasteiger partial charge in [0.05, 0.1) is 18.5 Å². The Morgan fingerprint density at radius 3 is 2.74 bits per heavy atom. The van der Waals surface area contributed by atoms with Crippen molar-refractivity contribution in [2.75, 3.05) is 24.7 Å². The zero-order chi connectivity index (χ0) is 13.7. The lowest BCUT2D eigenvalue weighted by Crippen LogP contribution is -2.49. The van der Waals surface area contributed by atoms with Gasteiger partial charge in [0.2, 0.25) is 0 Å². The first-order chi connectivity index (χ1) is 9.17. The molecular weight excluding hydrogens is 282 g/mol. The van der Waals surface area contributed by atoms with Crippen molar-refractivity contribution in [3.63, 3.8) is 0 Å². The van der Waals surface area contributed by atoms with Gasteiger partial charge >= 0.3 is 0 Å². The largest absolute Gasteiger partial charge is 0.374 e. The van der Waals surface area contributed by atoms with Gasteiger partial charge in [-0.1, -0.05) is 30.7 Å². The minimum atomic E-state index is -0.756. The molecule has 3 atom stereocenters. The highest BCUT2D eigenvalue weighted by atomic mass is 35.5. The Morgan fingerprint density at radius 2 is 2.16 bits per heavy atom. The van der Waals surface area contributed by atoms with Gasteiger partial charge in [0.15, 0.2) is 0 Å². The van der Waals surface area contributed by atoms with E-state index in [4.69, 9.17) is 16.3 Å². The van der Waals surface area contributed by atoms with Crippen LogP contribution in [0.5, 0.6) is 0 Å². The van der Waals surface area contributed by atoms with E-state index in [0.29, 0.717) is 24.2 Å². The van der Waals surface area contributed by atoms with Crippen LogP contribution in [0.2, 0.25) is 5.02 Å². The molecule has 2 rings (SSSR count). The number of rotatable bonds is 5. The Hall–Kier alpha value is -0.420. The molecule has 0 aromatic heterocycles. The topological polar surface area (TPSA) is 38.3 Å². The van der Waals surface area contributed by atoms with Gasteiger partial charge in [-0.3, -0.25) is 4.21 Å². The molecule has 1 aromatic carbocycles. The predicted molar refractivity (Wildman–Crippen MR) is 80.2 cm³/mol. The zero-order valence-corrected chi connectivity index (χ0v) is 12.7. The summed E-state index contributed by atoms with van der Waals surface area (Å²) in [5, 5.41) is 4.23. The fourth-order valence-corrected chi connectivity index (χ4v) is 3.13. The highest BCUT2D eigenvalue weighted by Crippen LogP contribution is 2.13. The lowest BCUT2D eigenvalue weighted by molar-refractivity contribution is 0.0178. The first-order valence-electron chi connectivity index (χ1n) is 6.61. The van der Waals surface area contributed by atoms with Gasteiger partial charge in [-0.2, -0.15) is 0 Å². The van der Waals surface area contributed by atoms with Gasteiger partial charge in [-0.05, 0) is 24.1 Å². The molecule has 5 heteroatoms. The summed E-state index contributed by atoms with van der Waals surface area (Å²) in [5.74, 6) is 1.34. The number of halogens is 1. The van der Waals surface area contributed by atoms with Crippen molar-refractivity contribution in [1.82, 2.24) is 5.32 Å². The van der Waals surface area contributed by atoms with E-state index in [-0.39, 0.29) is 6.10 Å². The highest BCUT2D eigenvalue weighted by molar-refractivity contribution is 7.84. The molecule has 3 nitrogen and oxygen atoms in total. The second kappa shape index (κ2) is 7.39. The van der Waals surface area contributed by atoms with Crippen LogP contribution in [0.15, 0.2) is 24.3 Å². The van der Waals surface area contributed by atoms with Crippen LogP contribution in [0, 0.1) is 0 Å². The molecule has 0 aliphatic carbocycles. The first kappa shape index (κ1) is 15.0. The summed E-state index contributed by atoms with van der Waals surface area (Å²) in [5.41, 5.74) is 1.25. The number of benzene rings is 1. The minimum absolute atomic E-state index is 0.0854. The lowest BCUT2D eigenvalue weighted by Gasteiger charge is -2.30. The van der Waals surface area contributed by atoms with Crippen LogP contribution < -0.4 is 5.32 Å². The molecule has 0 saturated carbocycles. The van der Waals surface area contributed by atoms with E-state index in [2.05, 4.69) is 5.32 Å². The molecule has 1 heterocycles. The second-order valence-corrected chi connectivity index (χ2v) is 7.01. The van der Waals surface area contributed by atoms with Gasteiger partial charge in [0.1, 0.15) is 0 Å². The van der Waals surface area contributed by atoms with Crippen LogP contribution in [0.1, 0.15) is 12.5 Å². The van der Waals surface area contributed by atoms with Crippen molar-refractivity contribution in [3.05, 3.63) is 34.9 Å². The third-order valence-electron chi connectivity index (χ3n) is 3.26. The quantitative estimate of drug-likeness (QED) is 0.904. The molecular formula is C14H20ClNO2S. The summed E-state index contributed by atoms with van der Waals surface area (Å²) in [7, 11) is -0.756. The molecule has 1 fully saturated rings. The van der Waals surface area contributed by atoms with E-state index in [1.54, 1.807) is 0 Å². The number of hydrogen-bond acceptors (Lipinski definition) is 3. The van der Waals surface area contributed by atoms with Crippen molar-refractivity contribution in [1.29, 1.82) is 0 Å².